The molecule has 0 saturated carbocycles. The second-order valence-electron chi connectivity index (χ2n) is 3.92. The van der Waals surface area contributed by atoms with E-state index < -0.39 is 5.97 Å². The van der Waals surface area contributed by atoms with Crippen molar-refractivity contribution in [1.82, 2.24) is 9.55 Å². The lowest BCUT2D eigenvalue weighted by molar-refractivity contribution is 0.0699. The number of benzene rings is 1. The van der Waals surface area contributed by atoms with Gasteiger partial charge in [0.2, 0.25) is 0 Å². The molecule has 3 aromatic rings. The van der Waals surface area contributed by atoms with Gasteiger partial charge in [0, 0.05) is 28.7 Å². The van der Waals surface area contributed by atoms with E-state index in [9.17, 15) is 9.90 Å². The summed E-state index contributed by atoms with van der Waals surface area (Å²) < 4.78 is 1.93. The molecule has 2 aromatic heterocycles. The van der Waals surface area contributed by atoms with Gasteiger partial charge in [0.15, 0.2) is 0 Å². The van der Waals surface area contributed by atoms with E-state index >= 15 is 0 Å². The largest absolute Gasteiger partial charge is 0.478 e. The highest BCUT2D eigenvalue weighted by Gasteiger charge is 2.13. The van der Waals surface area contributed by atoms with Crippen LogP contribution >= 0.6 is 11.3 Å². The molecule has 0 spiro atoms. The van der Waals surface area contributed by atoms with Gasteiger partial charge in [-0.2, -0.15) is 0 Å². The zero-order valence-electron chi connectivity index (χ0n) is 9.41. The number of carbonyl (C=O) groups is 1. The first-order valence-electron chi connectivity index (χ1n) is 5.45. The van der Waals surface area contributed by atoms with E-state index in [1.54, 1.807) is 23.7 Å². The quantitative estimate of drug-likeness (QED) is 0.786. The lowest BCUT2D eigenvalue weighted by Gasteiger charge is -2.01. The third-order valence-corrected chi connectivity index (χ3v) is 3.57. The molecule has 18 heavy (non-hydrogen) atoms. The van der Waals surface area contributed by atoms with Gasteiger partial charge in [0.25, 0.3) is 0 Å². The molecule has 0 aliphatic rings. The molecular weight excluding hydrogens is 248 g/mol. The van der Waals surface area contributed by atoms with Crippen LogP contribution < -0.4 is 0 Å². The van der Waals surface area contributed by atoms with Crippen molar-refractivity contribution < 1.29 is 9.90 Å². The minimum atomic E-state index is -0.899. The molecule has 0 aliphatic carbocycles. The number of carboxylic acids is 1. The van der Waals surface area contributed by atoms with Gasteiger partial charge in [-0.05, 0) is 6.07 Å². The highest BCUT2D eigenvalue weighted by molar-refractivity contribution is 7.09. The number of carboxylic acid groups (broad SMARTS) is 1. The van der Waals surface area contributed by atoms with Gasteiger partial charge >= 0.3 is 5.97 Å². The normalized spacial score (nSPS) is 10.9. The molecule has 4 nitrogen and oxygen atoms in total. The zero-order valence-corrected chi connectivity index (χ0v) is 10.2. The lowest BCUT2D eigenvalue weighted by atomic mass is 10.2. The molecular formula is C13H10N2O2S. The smallest absolute Gasteiger partial charge is 0.337 e. The Morgan fingerprint density at radius 3 is 2.94 bits per heavy atom. The first kappa shape index (κ1) is 11.0. The molecule has 0 saturated heterocycles. The Morgan fingerprint density at radius 1 is 1.39 bits per heavy atom. The van der Waals surface area contributed by atoms with Crippen LogP contribution in [0.1, 0.15) is 15.4 Å². The van der Waals surface area contributed by atoms with E-state index in [0.29, 0.717) is 12.1 Å². The van der Waals surface area contributed by atoms with E-state index in [2.05, 4.69) is 4.98 Å². The van der Waals surface area contributed by atoms with E-state index in [-0.39, 0.29) is 0 Å². The number of para-hydroxylation sites is 1. The van der Waals surface area contributed by atoms with Crippen LogP contribution in [-0.4, -0.2) is 20.6 Å². The average Bonchev–Trinajstić information content (AvgIpc) is 2.98. The Labute approximate surface area is 107 Å². The predicted molar refractivity (Wildman–Crippen MR) is 70.1 cm³/mol. The van der Waals surface area contributed by atoms with Crippen molar-refractivity contribution in [2.45, 2.75) is 6.54 Å². The van der Waals surface area contributed by atoms with E-state index in [0.717, 1.165) is 15.9 Å². The molecule has 0 fully saturated rings. The highest BCUT2D eigenvalue weighted by Crippen LogP contribution is 2.22. The van der Waals surface area contributed by atoms with Gasteiger partial charge in [-0.15, -0.1) is 11.3 Å². The van der Waals surface area contributed by atoms with E-state index in [1.807, 2.05) is 34.2 Å². The van der Waals surface area contributed by atoms with Gasteiger partial charge in [0.1, 0.15) is 5.01 Å². The number of nitrogens with zero attached hydrogens (tertiary/aromatic N) is 2. The third-order valence-electron chi connectivity index (χ3n) is 2.81. The SMILES string of the molecule is O=C(O)c1cn(Cc2nccs2)c2ccccc12. The van der Waals surface area contributed by atoms with Crippen LogP contribution in [0.3, 0.4) is 0 Å². The molecule has 5 heteroatoms. The fourth-order valence-electron chi connectivity index (χ4n) is 2.02. The lowest BCUT2D eigenvalue weighted by Crippen LogP contribution is -1.98. The molecule has 1 aromatic carbocycles. The standard InChI is InChI=1S/C13H10N2O2S/c16-13(17)10-7-15(8-12-14-5-6-18-12)11-4-2-1-3-9(10)11/h1-7H,8H2,(H,16,17). The van der Waals surface area contributed by atoms with Crippen LogP contribution in [0.25, 0.3) is 10.9 Å². The summed E-state index contributed by atoms with van der Waals surface area (Å²) in [7, 11) is 0. The monoisotopic (exact) mass is 258 g/mol. The van der Waals surface area contributed by atoms with Gasteiger partial charge in [-0.25, -0.2) is 9.78 Å². The van der Waals surface area contributed by atoms with E-state index in [1.165, 1.54) is 0 Å². The van der Waals surface area contributed by atoms with Crippen molar-refractivity contribution in [3.63, 3.8) is 0 Å². The van der Waals surface area contributed by atoms with Crippen molar-refractivity contribution in [1.29, 1.82) is 0 Å². The molecule has 3 rings (SSSR count). The van der Waals surface area contributed by atoms with Crippen molar-refractivity contribution in [3.05, 3.63) is 52.6 Å². The molecule has 0 radical (unpaired) electrons. The number of hydrogen-bond donors (Lipinski definition) is 1. The molecule has 0 amide bonds. The van der Waals surface area contributed by atoms with Gasteiger partial charge in [0.05, 0.1) is 12.1 Å². The van der Waals surface area contributed by atoms with Crippen molar-refractivity contribution >= 4 is 28.2 Å². The van der Waals surface area contributed by atoms with Crippen LogP contribution in [0.2, 0.25) is 0 Å². The Balaban J connectivity index is 2.14. The second kappa shape index (κ2) is 4.27. The minimum absolute atomic E-state index is 0.335. The van der Waals surface area contributed by atoms with Crippen molar-refractivity contribution in [3.8, 4) is 0 Å². The summed E-state index contributed by atoms with van der Waals surface area (Å²) in [6.07, 6.45) is 3.43. The summed E-state index contributed by atoms with van der Waals surface area (Å²) in [5, 5.41) is 12.8. The first-order chi connectivity index (χ1) is 8.75. The maximum absolute atomic E-state index is 11.2. The van der Waals surface area contributed by atoms with E-state index in [4.69, 9.17) is 0 Å². The predicted octanol–water partition coefficient (Wildman–Crippen LogP) is 2.84. The van der Waals surface area contributed by atoms with Gasteiger partial charge in [-0.3, -0.25) is 0 Å². The Morgan fingerprint density at radius 2 is 2.22 bits per heavy atom. The van der Waals surface area contributed by atoms with Crippen molar-refractivity contribution in [2.24, 2.45) is 0 Å². The number of fused-ring (bicyclic) bond motifs is 1. The number of aromatic nitrogens is 2. The third kappa shape index (κ3) is 1.78. The van der Waals surface area contributed by atoms with Gasteiger partial charge < -0.3 is 9.67 Å². The van der Waals surface area contributed by atoms with Crippen LogP contribution in [0, 0.1) is 0 Å². The zero-order chi connectivity index (χ0) is 12.5. The second-order valence-corrected chi connectivity index (χ2v) is 4.90. The minimum Gasteiger partial charge on any atom is -0.478 e. The molecule has 0 bridgehead atoms. The van der Waals surface area contributed by atoms with Crippen LogP contribution in [0.4, 0.5) is 0 Å². The fraction of sp³-hybridized carbons (Fsp3) is 0.0769. The molecule has 1 N–H and O–H groups in total. The number of hydrogen-bond acceptors (Lipinski definition) is 3. The topological polar surface area (TPSA) is 55.1 Å². The number of aromatic carboxylic acids is 1. The highest BCUT2D eigenvalue weighted by atomic mass is 32.1. The van der Waals surface area contributed by atoms with Gasteiger partial charge in [-0.1, -0.05) is 18.2 Å². The maximum atomic E-state index is 11.2. The molecule has 0 aliphatic heterocycles. The number of thiazole rings is 1. The Hall–Kier alpha value is -2.14. The Bertz CT molecular complexity index is 701. The van der Waals surface area contributed by atoms with Crippen LogP contribution in [0.15, 0.2) is 42.0 Å². The van der Waals surface area contributed by atoms with Crippen LogP contribution in [0.5, 0.6) is 0 Å². The summed E-state index contributed by atoms with van der Waals surface area (Å²) in [4.78, 5) is 15.4. The fourth-order valence-corrected chi connectivity index (χ4v) is 2.64. The number of rotatable bonds is 3. The molecule has 2 heterocycles. The van der Waals surface area contributed by atoms with Crippen LogP contribution in [-0.2, 0) is 6.54 Å². The summed E-state index contributed by atoms with van der Waals surface area (Å²) in [6.45, 7) is 0.603. The molecule has 0 atom stereocenters. The Kier molecular flexibility index (Phi) is 2.60. The van der Waals surface area contributed by atoms with Crippen molar-refractivity contribution in [2.75, 3.05) is 0 Å². The summed E-state index contributed by atoms with van der Waals surface area (Å²) in [5.41, 5.74) is 1.26. The molecule has 90 valence electrons. The summed E-state index contributed by atoms with van der Waals surface area (Å²) in [6, 6.07) is 7.52. The summed E-state index contributed by atoms with van der Waals surface area (Å²) in [5.74, 6) is -0.899. The average molecular weight is 258 g/mol. The summed E-state index contributed by atoms with van der Waals surface area (Å²) >= 11 is 1.56. The molecule has 0 unspecified atom stereocenters. The first-order valence-corrected chi connectivity index (χ1v) is 6.33. The maximum Gasteiger partial charge on any atom is 0.337 e.